The van der Waals surface area contributed by atoms with Crippen molar-refractivity contribution >= 4 is 22.4 Å². The maximum absolute atomic E-state index is 5.45. The van der Waals surface area contributed by atoms with E-state index in [1.54, 1.807) is 0 Å². The molecule has 0 rings (SSSR count). The van der Waals surface area contributed by atoms with E-state index in [4.69, 9.17) is 4.43 Å². The monoisotopic (exact) mass is 164 g/mol. The van der Waals surface area contributed by atoms with Crippen LogP contribution in [0.3, 0.4) is 0 Å². The minimum absolute atomic E-state index is 0.196. The van der Waals surface area contributed by atoms with Gasteiger partial charge < -0.3 is 4.43 Å². The zero-order valence-electron chi connectivity index (χ0n) is 6.26. The van der Waals surface area contributed by atoms with Gasteiger partial charge in [-0.2, -0.15) is 12.6 Å². The van der Waals surface area contributed by atoms with Gasteiger partial charge in [0, 0.05) is 6.10 Å². The van der Waals surface area contributed by atoms with Crippen molar-refractivity contribution in [2.24, 2.45) is 0 Å². The Morgan fingerprint density at radius 1 is 1.56 bits per heavy atom. The molecule has 0 heterocycles. The summed E-state index contributed by atoms with van der Waals surface area (Å²) in [5.74, 6) is 1.01. The summed E-state index contributed by atoms with van der Waals surface area (Å²) in [6, 6.07) is 1.28. The topological polar surface area (TPSA) is 9.23 Å². The fourth-order valence-electron chi connectivity index (χ4n) is 0.533. The first-order valence-corrected chi connectivity index (χ1v) is 5.71. The van der Waals surface area contributed by atoms with Crippen molar-refractivity contribution in [1.29, 1.82) is 0 Å². The lowest BCUT2D eigenvalue weighted by Crippen LogP contribution is -2.06. The fourth-order valence-corrected chi connectivity index (χ4v) is 2.27. The number of hydrogen-bond acceptors (Lipinski definition) is 2. The Labute approximate surface area is 65.5 Å². The minimum Gasteiger partial charge on any atom is -0.422 e. The number of hydrogen-bond donors (Lipinski definition) is 1. The van der Waals surface area contributed by atoms with Gasteiger partial charge in [-0.25, -0.2) is 0 Å². The molecule has 0 bridgehead atoms. The van der Waals surface area contributed by atoms with E-state index in [1.165, 1.54) is 12.5 Å². The van der Waals surface area contributed by atoms with Gasteiger partial charge in [0.2, 0.25) is 0 Å². The predicted molar refractivity (Wildman–Crippen MR) is 48.0 cm³/mol. The molecule has 56 valence electrons. The van der Waals surface area contributed by atoms with Crippen LogP contribution in [-0.2, 0) is 4.43 Å². The highest BCUT2D eigenvalue weighted by molar-refractivity contribution is 7.80. The van der Waals surface area contributed by atoms with Gasteiger partial charge >= 0.3 is 0 Å². The third-order valence-electron chi connectivity index (χ3n) is 1.00. The molecule has 0 aliphatic heterocycles. The van der Waals surface area contributed by atoms with Crippen LogP contribution in [0.5, 0.6) is 0 Å². The van der Waals surface area contributed by atoms with Crippen molar-refractivity contribution in [2.45, 2.75) is 32.4 Å². The first-order chi connectivity index (χ1) is 4.27. The van der Waals surface area contributed by atoms with Crippen molar-refractivity contribution in [3.63, 3.8) is 0 Å². The molecule has 3 heteroatoms. The van der Waals surface area contributed by atoms with E-state index in [0.29, 0.717) is 6.10 Å². The van der Waals surface area contributed by atoms with E-state index in [9.17, 15) is 0 Å². The summed E-state index contributed by atoms with van der Waals surface area (Å²) in [4.78, 5) is 0. The molecule has 0 spiro atoms. The SMILES string of the molecule is CC(C)O[SiH2]CCCS. The first-order valence-electron chi connectivity index (χ1n) is 3.50. The first kappa shape index (κ1) is 9.53. The van der Waals surface area contributed by atoms with Crippen LogP contribution in [0.4, 0.5) is 0 Å². The molecule has 0 fully saturated rings. The summed E-state index contributed by atoms with van der Waals surface area (Å²) < 4.78 is 5.45. The average Bonchev–Trinajstić information content (AvgIpc) is 1.80. The molecule has 0 aliphatic rings. The fraction of sp³-hybridized carbons (Fsp3) is 1.00. The van der Waals surface area contributed by atoms with Crippen LogP contribution in [0.1, 0.15) is 20.3 Å². The Morgan fingerprint density at radius 2 is 2.22 bits per heavy atom. The Balaban J connectivity index is 2.75. The third-order valence-corrected chi connectivity index (χ3v) is 3.01. The van der Waals surface area contributed by atoms with Crippen molar-refractivity contribution in [3.8, 4) is 0 Å². The summed E-state index contributed by atoms with van der Waals surface area (Å²) in [6.45, 7) is 4.18. The van der Waals surface area contributed by atoms with E-state index in [0.717, 1.165) is 5.75 Å². The smallest absolute Gasteiger partial charge is 0.161 e. The van der Waals surface area contributed by atoms with Crippen LogP contribution in [0.2, 0.25) is 6.04 Å². The highest BCUT2D eigenvalue weighted by atomic mass is 32.1. The lowest BCUT2D eigenvalue weighted by molar-refractivity contribution is 0.255. The van der Waals surface area contributed by atoms with Gasteiger partial charge in [-0.05, 0) is 32.1 Å². The van der Waals surface area contributed by atoms with Crippen molar-refractivity contribution in [3.05, 3.63) is 0 Å². The van der Waals surface area contributed by atoms with E-state index < -0.39 is 0 Å². The lowest BCUT2D eigenvalue weighted by Gasteiger charge is -2.05. The molecule has 0 aliphatic carbocycles. The van der Waals surface area contributed by atoms with Crippen LogP contribution in [0, 0.1) is 0 Å². The summed E-state index contributed by atoms with van der Waals surface area (Å²) in [7, 11) is -0.196. The van der Waals surface area contributed by atoms with E-state index >= 15 is 0 Å². The van der Waals surface area contributed by atoms with Gasteiger partial charge in [-0.1, -0.05) is 0 Å². The molecule has 0 saturated heterocycles. The summed E-state index contributed by atoms with van der Waals surface area (Å²) in [5.41, 5.74) is 0. The number of rotatable bonds is 5. The average molecular weight is 164 g/mol. The molecule has 0 amide bonds. The Bertz CT molecular complexity index is 59.0. The number of thiol groups is 1. The zero-order chi connectivity index (χ0) is 7.11. The van der Waals surface area contributed by atoms with Crippen LogP contribution in [-0.4, -0.2) is 21.6 Å². The lowest BCUT2D eigenvalue weighted by atomic mass is 10.5. The third kappa shape index (κ3) is 8.53. The van der Waals surface area contributed by atoms with E-state index in [2.05, 4.69) is 26.5 Å². The van der Waals surface area contributed by atoms with Gasteiger partial charge in [-0.15, -0.1) is 0 Å². The maximum atomic E-state index is 5.45. The Hall–Kier alpha value is 0.527. The quantitative estimate of drug-likeness (QED) is 0.365. The second-order valence-electron chi connectivity index (χ2n) is 2.35. The largest absolute Gasteiger partial charge is 0.422 e. The van der Waals surface area contributed by atoms with Gasteiger partial charge in [-0.3, -0.25) is 0 Å². The van der Waals surface area contributed by atoms with Gasteiger partial charge in [0.1, 0.15) is 0 Å². The molecule has 0 N–H and O–H groups in total. The molecule has 0 atom stereocenters. The van der Waals surface area contributed by atoms with Crippen molar-refractivity contribution in [1.82, 2.24) is 0 Å². The molecule has 0 aromatic heterocycles. The molecule has 0 aromatic rings. The predicted octanol–water partition coefficient (Wildman–Crippen LogP) is 1.23. The highest BCUT2D eigenvalue weighted by Crippen LogP contribution is 1.93. The van der Waals surface area contributed by atoms with Crippen molar-refractivity contribution < 1.29 is 4.43 Å². The minimum atomic E-state index is -0.196. The molecular weight excluding hydrogens is 148 g/mol. The Kier molecular flexibility index (Phi) is 7.03. The molecule has 0 unspecified atom stereocenters. The summed E-state index contributed by atoms with van der Waals surface area (Å²) in [5, 5.41) is 0. The molecule has 9 heavy (non-hydrogen) atoms. The maximum Gasteiger partial charge on any atom is 0.161 e. The molecule has 1 nitrogen and oxygen atoms in total. The molecule has 0 radical (unpaired) electrons. The standard InChI is InChI=1S/C6H16OSSi/c1-6(2)7-9-5-3-4-8/h6,8H,3-5,9H2,1-2H3. The van der Waals surface area contributed by atoms with Gasteiger partial charge in [0.25, 0.3) is 0 Å². The van der Waals surface area contributed by atoms with Crippen LogP contribution in [0.25, 0.3) is 0 Å². The molecule has 0 aromatic carbocycles. The second-order valence-corrected chi connectivity index (χ2v) is 4.25. The van der Waals surface area contributed by atoms with Crippen LogP contribution in [0.15, 0.2) is 0 Å². The second kappa shape index (κ2) is 6.64. The van der Waals surface area contributed by atoms with Gasteiger partial charge in [0.15, 0.2) is 9.76 Å². The van der Waals surface area contributed by atoms with E-state index in [-0.39, 0.29) is 9.76 Å². The molecule has 0 saturated carbocycles. The van der Waals surface area contributed by atoms with Crippen LogP contribution < -0.4 is 0 Å². The van der Waals surface area contributed by atoms with Crippen molar-refractivity contribution in [2.75, 3.05) is 5.75 Å². The van der Waals surface area contributed by atoms with Gasteiger partial charge in [0.05, 0.1) is 0 Å². The highest BCUT2D eigenvalue weighted by Gasteiger charge is 1.91. The normalized spacial score (nSPS) is 12.0. The summed E-state index contributed by atoms with van der Waals surface area (Å²) in [6.07, 6.45) is 1.67. The molecular formula is C6H16OSSi. The zero-order valence-corrected chi connectivity index (χ0v) is 8.57. The Morgan fingerprint density at radius 3 is 2.67 bits per heavy atom. The summed E-state index contributed by atoms with van der Waals surface area (Å²) >= 11 is 4.11. The van der Waals surface area contributed by atoms with E-state index in [1.807, 2.05) is 0 Å². The van der Waals surface area contributed by atoms with Crippen LogP contribution >= 0.6 is 12.6 Å².